The molecule has 2 N–H and O–H groups in total. The van der Waals surface area contributed by atoms with Crippen molar-refractivity contribution in [3.8, 4) is 11.1 Å². The number of nitrogens with zero attached hydrogens (tertiary/aromatic N) is 1. The summed E-state index contributed by atoms with van der Waals surface area (Å²) in [5.41, 5.74) is 4.95. The predicted octanol–water partition coefficient (Wildman–Crippen LogP) is 3.08. The van der Waals surface area contributed by atoms with Crippen molar-refractivity contribution >= 4 is 30.1 Å². The summed E-state index contributed by atoms with van der Waals surface area (Å²) in [6.07, 6.45) is -2.10. The fourth-order valence-corrected chi connectivity index (χ4v) is 4.49. The third-order valence-corrected chi connectivity index (χ3v) is 6.09. The Bertz CT molecular complexity index is 1010. The molecule has 0 radical (unpaired) electrons. The van der Waals surface area contributed by atoms with Crippen molar-refractivity contribution < 1.29 is 27.7 Å². The molecule has 0 saturated carbocycles. The maximum absolute atomic E-state index is 14.9. The molecule has 1 atom stereocenters. The second-order valence-electron chi connectivity index (χ2n) is 6.83. The summed E-state index contributed by atoms with van der Waals surface area (Å²) < 4.78 is 46.9. The number of rotatable bonds is 4. The zero-order valence-corrected chi connectivity index (χ0v) is 16.2. The van der Waals surface area contributed by atoms with E-state index in [1.54, 1.807) is 37.6 Å². The van der Waals surface area contributed by atoms with Crippen molar-refractivity contribution in [3.63, 3.8) is 0 Å². The molecule has 0 unspecified atom stereocenters. The number of carbonyl (C=O) groups is 2. The summed E-state index contributed by atoms with van der Waals surface area (Å²) in [4.78, 5) is 24.2. The van der Waals surface area contributed by atoms with E-state index in [2.05, 4.69) is 0 Å². The van der Waals surface area contributed by atoms with Gasteiger partial charge in [0, 0.05) is 23.8 Å². The van der Waals surface area contributed by atoms with Crippen molar-refractivity contribution in [2.45, 2.75) is 12.5 Å². The first-order valence-corrected chi connectivity index (χ1v) is 11.1. The van der Waals surface area contributed by atoms with Crippen LogP contribution in [0.5, 0.6) is 0 Å². The van der Waals surface area contributed by atoms with Gasteiger partial charge in [0.25, 0.3) is 5.91 Å². The van der Waals surface area contributed by atoms with Crippen molar-refractivity contribution in [2.75, 3.05) is 24.8 Å². The van der Waals surface area contributed by atoms with Crippen LogP contribution >= 0.6 is 7.14 Å². The molecule has 0 bridgehead atoms. The Morgan fingerprint density at radius 1 is 1.14 bits per heavy atom. The van der Waals surface area contributed by atoms with E-state index in [0.717, 1.165) is 4.90 Å². The summed E-state index contributed by atoms with van der Waals surface area (Å²) in [5.74, 6) is -3.02. The summed E-state index contributed by atoms with van der Waals surface area (Å²) in [6, 6.07) is 9.16. The van der Waals surface area contributed by atoms with Gasteiger partial charge in [-0.1, -0.05) is 24.3 Å². The van der Waals surface area contributed by atoms with Crippen LogP contribution in [-0.2, 0) is 14.1 Å². The lowest BCUT2D eigenvalue weighted by Gasteiger charge is -2.20. The lowest BCUT2D eigenvalue weighted by atomic mass is 10.0. The van der Waals surface area contributed by atoms with Crippen molar-refractivity contribution in [2.24, 2.45) is 5.73 Å². The first kappa shape index (κ1) is 20.0. The van der Waals surface area contributed by atoms with Gasteiger partial charge in [0.15, 0.2) is 17.7 Å². The van der Waals surface area contributed by atoms with Gasteiger partial charge in [0.2, 0.25) is 0 Å². The van der Waals surface area contributed by atoms with E-state index in [9.17, 15) is 22.9 Å². The van der Waals surface area contributed by atoms with E-state index < -0.39 is 36.9 Å². The van der Waals surface area contributed by atoms with Gasteiger partial charge in [-0.05, 0) is 31.0 Å². The predicted molar refractivity (Wildman–Crippen MR) is 102 cm³/mol. The second-order valence-corrected chi connectivity index (χ2v) is 10.0. The number of anilines is 1. The molecule has 0 aliphatic carbocycles. The average molecular weight is 408 g/mol. The van der Waals surface area contributed by atoms with Crippen LogP contribution in [-0.4, -0.2) is 38.0 Å². The molecule has 2 amide bonds. The van der Waals surface area contributed by atoms with Gasteiger partial charge in [0.1, 0.15) is 7.14 Å². The molecule has 2 aromatic rings. The zero-order chi connectivity index (χ0) is 20.6. The van der Waals surface area contributed by atoms with E-state index in [1.807, 2.05) is 0 Å². The molecule has 28 heavy (non-hydrogen) atoms. The maximum Gasteiger partial charge on any atom is 0.405 e. The third-order valence-electron chi connectivity index (χ3n) is 4.54. The molecule has 6 nitrogen and oxygen atoms in total. The Morgan fingerprint density at radius 3 is 2.46 bits per heavy atom. The number of halogens is 2. The number of hydrogen-bond acceptors (Lipinski definition) is 4. The molecule has 1 fully saturated rings. The van der Waals surface area contributed by atoms with Crippen LogP contribution in [0.15, 0.2) is 36.4 Å². The molecule has 1 aliphatic heterocycles. The average Bonchev–Trinajstić information content (AvgIpc) is 2.96. The number of carbonyl (C=O) groups excluding carboxylic acids is 2. The van der Waals surface area contributed by atoms with E-state index in [1.165, 1.54) is 12.1 Å². The molecular weight excluding hydrogens is 389 g/mol. The normalized spacial score (nSPS) is 17.1. The Kier molecular flexibility index (Phi) is 5.26. The van der Waals surface area contributed by atoms with Gasteiger partial charge in [-0.25, -0.2) is 13.6 Å². The maximum atomic E-state index is 14.9. The third kappa shape index (κ3) is 3.64. The molecular formula is C19H19F2N2O4P. The highest BCUT2D eigenvalue weighted by Gasteiger charge is 2.37. The molecule has 0 spiro atoms. The summed E-state index contributed by atoms with van der Waals surface area (Å²) >= 11 is 0. The number of hydrogen-bond donors (Lipinski definition) is 1. The fourth-order valence-electron chi connectivity index (χ4n) is 3.27. The highest BCUT2D eigenvalue weighted by molar-refractivity contribution is 7.70. The van der Waals surface area contributed by atoms with Gasteiger partial charge in [-0.15, -0.1) is 0 Å². The molecule has 9 heteroatoms. The molecule has 1 aliphatic rings. The second kappa shape index (κ2) is 7.36. The minimum absolute atomic E-state index is 0.0441. The Labute approximate surface area is 160 Å². The zero-order valence-electron chi connectivity index (χ0n) is 15.3. The number of ether oxygens (including phenoxy) is 1. The number of nitrogens with two attached hydrogens (primary N) is 1. The van der Waals surface area contributed by atoms with Crippen LogP contribution in [0.2, 0.25) is 0 Å². The highest BCUT2D eigenvalue weighted by Crippen LogP contribution is 2.40. The highest BCUT2D eigenvalue weighted by atomic mass is 31.2. The summed E-state index contributed by atoms with van der Waals surface area (Å²) in [7, 11) is -2.73. The van der Waals surface area contributed by atoms with E-state index in [4.69, 9.17) is 10.5 Å². The summed E-state index contributed by atoms with van der Waals surface area (Å²) in [5, 5.41) is 0.438. The van der Waals surface area contributed by atoms with Gasteiger partial charge in [-0.3, -0.25) is 4.79 Å². The van der Waals surface area contributed by atoms with E-state index in [0.29, 0.717) is 10.9 Å². The summed E-state index contributed by atoms with van der Waals surface area (Å²) in [6.45, 7) is 3.16. The van der Waals surface area contributed by atoms with Crippen LogP contribution in [0.3, 0.4) is 0 Å². The van der Waals surface area contributed by atoms with Crippen LogP contribution in [0.1, 0.15) is 6.42 Å². The van der Waals surface area contributed by atoms with Crippen molar-refractivity contribution in [3.05, 3.63) is 48.0 Å². The van der Waals surface area contributed by atoms with Crippen LogP contribution < -0.4 is 15.9 Å². The SMILES string of the molecule is CP(C)(=O)c1ccccc1-c1ccc(N2CC[C@@H](OC(N)=O)C2=O)c(F)c1F. The van der Waals surface area contributed by atoms with Gasteiger partial charge in [-0.2, -0.15) is 0 Å². The van der Waals surface area contributed by atoms with Crippen LogP contribution in [0, 0.1) is 11.6 Å². The molecule has 1 saturated heterocycles. The van der Waals surface area contributed by atoms with Crippen LogP contribution in [0.25, 0.3) is 11.1 Å². The number of benzene rings is 2. The van der Waals surface area contributed by atoms with Gasteiger partial charge >= 0.3 is 6.09 Å². The Morgan fingerprint density at radius 2 is 1.82 bits per heavy atom. The minimum Gasteiger partial charge on any atom is -0.436 e. The van der Waals surface area contributed by atoms with Gasteiger partial charge in [0.05, 0.1) is 5.69 Å². The van der Waals surface area contributed by atoms with E-state index in [-0.39, 0.29) is 24.2 Å². The molecule has 0 aromatic heterocycles. The number of primary amides is 1. The lowest BCUT2D eigenvalue weighted by molar-refractivity contribution is -0.124. The molecule has 2 aromatic carbocycles. The van der Waals surface area contributed by atoms with Crippen LogP contribution in [0.4, 0.5) is 19.3 Å². The van der Waals surface area contributed by atoms with Gasteiger partial charge < -0.3 is 19.9 Å². The first-order chi connectivity index (χ1) is 13.1. The first-order valence-electron chi connectivity index (χ1n) is 8.51. The smallest absolute Gasteiger partial charge is 0.405 e. The topological polar surface area (TPSA) is 89.7 Å². The minimum atomic E-state index is -2.73. The van der Waals surface area contributed by atoms with E-state index >= 15 is 0 Å². The fraction of sp³-hybridized carbons (Fsp3) is 0.263. The van der Waals surface area contributed by atoms with Crippen molar-refractivity contribution in [1.82, 2.24) is 0 Å². The quantitative estimate of drug-likeness (QED) is 0.788. The Balaban J connectivity index is 2.02. The standard InChI is InChI=1S/C19H19F2N2O4P/c1-28(2,26)15-6-4-3-5-11(15)12-7-8-13(17(21)16(12)20)23-10-9-14(18(23)24)27-19(22)25/h3-8,14H,9-10H2,1-2H3,(H2,22,25)/t14-/m1/s1. The molecule has 148 valence electrons. The largest absolute Gasteiger partial charge is 0.436 e. The monoisotopic (exact) mass is 408 g/mol. The lowest BCUT2D eigenvalue weighted by Crippen LogP contribution is -2.33. The molecule has 1 heterocycles. The number of amides is 2. The Hall–Kier alpha value is -2.73. The van der Waals surface area contributed by atoms with Crippen molar-refractivity contribution in [1.29, 1.82) is 0 Å². The molecule has 3 rings (SSSR count).